The van der Waals surface area contributed by atoms with Gasteiger partial charge in [0.1, 0.15) is 5.82 Å². The molecule has 0 fully saturated rings. The first-order chi connectivity index (χ1) is 13.1. The SMILES string of the molecule is CON(C)S(=O)(=O)c1cccc(C(=O)O[C@H](C)C(=O)Nc2cccc(F)c2)c1. The Balaban J connectivity index is 2.10. The van der Waals surface area contributed by atoms with Crippen molar-refractivity contribution in [3.8, 4) is 0 Å². The lowest BCUT2D eigenvalue weighted by Gasteiger charge is -2.16. The number of esters is 1. The molecule has 0 aliphatic heterocycles. The summed E-state index contributed by atoms with van der Waals surface area (Å²) in [5.74, 6) is -2.08. The van der Waals surface area contributed by atoms with E-state index in [0.29, 0.717) is 4.47 Å². The highest BCUT2D eigenvalue weighted by atomic mass is 32.2. The van der Waals surface area contributed by atoms with Gasteiger partial charge in [-0.2, -0.15) is 0 Å². The average molecular weight is 410 g/mol. The summed E-state index contributed by atoms with van der Waals surface area (Å²) in [6.45, 7) is 1.34. The van der Waals surface area contributed by atoms with Gasteiger partial charge in [-0.05, 0) is 43.3 Å². The van der Waals surface area contributed by atoms with Crippen molar-refractivity contribution in [3.63, 3.8) is 0 Å². The van der Waals surface area contributed by atoms with E-state index < -0.39 is 33.8 Å². The molecule has 0 aromatic heterocycles. The molecule has 0 radical (unpaired) electrons. The number of nitrogens with zero attached hydrogens (tertiary/aromatic N) is 1. The maximum atomic E-state index is 13.2. The molecular formula is C18H19FN2O6S. The van der Waals surface area contributed by atoms with Gasteiger partial charge in [-0.3, -0.25) is 9.63 Å². The number of rotatable bonds is 7. The molecule has 0 aliphatic rings. The number of ether oxygens (including phenoxy) is 1. The second-order valence-electron chi connectivity index (χ2n) is 5.67. The summed E-state index contributed by atoms with van der Waals surface area (Å²) < 4.78 is 43.4. The Hall–Kier alpha value is -2.82. The predicted molar refractivity (Wildman–Crippen MR) is 98.3 cm³/mol. The van der Waals surface area contributed by atoms with Gasteiger partial charge in [0.25, 0.3) is 15.9 Å². The van der Waals surface area contributed by atoms with Crippen molar-refractivity contribution in [2.75, 3.05) is 19.5 Å². The van der Waals surface area contributed by atoms with Crippen LogP contribution in [0.15, 0.2) is 53.4 Å². The van der Waals surface area contributed by atoms with Crippen LogP contribution in [0.1, 0.15) is 17.3 Å². The number of nitrogens with one attached hydrogen (secondary N) is 1. The van der Waals surface area contributed by atoms with Crippen molar-refractivity contribution in [3.05, 3.63) is 59.9 Å². The Bertz CT molecular complexity index is 980. The molecule has 0 saturated heterocycles. The lowest BCUT2D eigenvalue weighted by molar-refractivity contribution is -0.123. The molecule has 1 atom stereocenters. The Kier molecular flexibility index (Phi) is 6.84. The third-order valence-electron chi connectivity index (χ3n) is 3.71. The molecular weight excluding hydrogens is 391 g/mol. The lowest BCUT2D eigenvalue weighted by atomic mass is 10.2. The minimum absolute atomic E-state index is 0.0593. The number of sulfonamides is 1. The molecule has 1 N–H and O–H groups in total. The van der Waals surface area contributed by atoms with Gasteiger partial charge in [0.15, 0.2) is 6.10 Å². The van der Waals surface area contributed by atoms with Crippen molar-refractivity contribution >= 4 is 27.6 Å². The molecule has 2 rings (SSSR count). The number of anilines is 1. The summed E-state index contributed by atoms with van der Waals surface area (Å²) in [6.07, 6.45) is -1.20. The van der Waals surface area contributed by atoms with E-state index in [1.165, 1.54) is 57.5 Å². The minimum Gasteiger partial charge on any atom is -0.449 e. The number of hydrogen-bond acceptors (Lipinski definition) is 6. The molecule has 10 heteroatoms. The molecule has 28 heavy (non-hydrogen) atoms. The highest BCUT2D eigenvalue weighted by molar-refractivity contribution is 7.89. The highest BCUT2D eigenvalue weighted by Gasteiger charge is 2.24. The lowest BCUT2D eigenvalue weighted by Crippen LogP contribution is -2.30. The van der Waals surface area contributed by atoms with Gasteiger partial charge < -0.3 is 10.1 Å². The summed E-state index contributed by atoms with van der Waals surface area (Å²) in [6, 6.07) is 10.4. The standard InChI is InChI=1S/C18H19FN2O6S/c1-12(17(22)20-15-8-5-7-14(19)11-15)27-18(23)13-6-4-9-16(10-13)28(24,25)21(2)26-3/h4-12H,1-3H3,(H,20,22)/t12-/m1/s1. The zero-order valence-electron chi connectivity index (χ0n) is 15.4. The van der Waals surface area contributed by atoms with Gasteiger partial charge in [0.05, 0.1) is 17.6 Å². The Morgan fingerprint density at radius 1 is 1.14 bits per heavy atom. The average Bonchev–Trinajstić information content (AvgIpc) is 2.67. The van der Waals surface area contributed by atoms with Gasteiger partial charge in [0.2, 0.25) is 0 Å². The third-order valence-corrected chi connectivity index (χ3v) is 5.38. The maximum Gasteiger partial charge on any atom is 0.338 e. The Morgan fingerprint density at radius 2 is 1.82 bits per heavy atom. The number of carbonyl (C=O) groups is 2. The number of halogens is 1. The molecule has 1 amide bonds. The summed E-state index contributed by atoms with van der Waals surface area (Å²) in [5, 5.41) is 2.42. The zero-order valence-corrected chi connectivity index (χ0v) is 16.2. The molecule has 0 heterocycles. The summed E-state index contributed by atoms with van der Waals surface area (Å²) in [4.78, 5) is 28.9. The molecule has 0 aliphatic carbocycles. The van der Waals surface area contributed by atoms with Crippen LogP contribution in [0.3, 0.4) is 0 Å². The van der Waals surface area contributed by atoms with E-state index in [-0.39, 0.29) is 16.1 Å². The van der Waals surface area contributed by atoms with E-state index in [1.807, 2.05) is 0 Å². The number of benzene rings is 2. The van der Waals surface area contributed by atoms with Gasteiger partial charge >= 0.3 is 5.97 Å². The summed E-state index contributed by atoms with van der Waals surface area (Å²) in [7, 11) is -1.55. The van der Waals surface area contributed by atoms with Crippen LogP contribution in [0.2, 0.25) is 0 Å². The van der Waals surface area contributed by atoms with Crippen LogP contribution in [0.25, 0.3) is 0 Å². The smallest absolute Gasteiger partial charge is 0.338 e. The third kappa shape index (κ3) is 5.12. The molecule has 0 saturated carbocycles. The van der Waals surface area contributed by atoms with E-state index in [4.69, 9.17) is 4.74 Å². The van der Waals surface area contributed by atoms with Crippen molar-refractivity contribution in [1.29, 1.82) is 0 Å². The van der Waals surface area contributed by atoms with E-state index in [1.54, 1.807) is 0 Å². The minimum atomic E-state index is -3.95. The quantitative estimate of drug-likeness (QED) is 0.555. The topological polar surface area (TPSA) is 102 Å². The van der Waals surface area contributed by atoms with Gasteiger partial charge in [-0.25, -0.2) is 17.6 Å². The van der Waals surface area contributed by atoms with Crippen molar-refractivity contribution in [2.24, 2.45) is 0 Å². The molecule has 8 nitrogen and oxygen atoms in total. The number of hydroxylamine groups is 1. The maximum absolute atomic E-state index is 13.2. The second kappa shape index (κ2) is 8.91. The molecule has 0 bridgehead atoms. The van der Waals surface area contributed by atoms with E-state index >= 15 is 0 Å². The van der Waals surface area contributed by atoms with Crippen LogP contribution in [0.4, 0.5) is 10.1 Å². The first-order valence-electron chi connectivity index (χ1n) is 8.05. The van der Waals surface area contributed by atoms with Crippen molar-refractivity contribution < 1.29 is 32.0 Å². The molecule has 0 spiro atoms. The van der Waals surface area contributed by atoms with E-state index in [2.05, 4.69) is 10.2 Å². The van der Waals surface area contributed by atoms with E-state index in [9.17, 15) is 22.4 Å². The van der Waals surface area contributed by atoms with Crippen LogP contribution in [-0.4, -0.2) is 45.0 Å². The molecule has 2 aromatic rings. The van der Waals surface area contributed by atoms with Crippen LogP contribution in [-0.2, 0) is 24.4 Å². The summed E-state index contributed by atoms with van der Waals surface area (Å²) in [5.41, 5.74) is 0.152. The first kappa shape index (κ1) is 21.5. The molecule has 2 aromatic carbocycles. The number of carbonyl (C=O) groups excluding carboxylic acids is 2. The van der Waals surface area contributed by atoms with Crippen LogP contribution in [0.5, 0.6) is 0 Å². The fourth-order valence-corrected chi connectivity index (χ4v) is 3.14. The van der Waals surface area contributed by atoms with Crippen LogP contribution in [0, 0.1) is 5.82 Å². The summed E-state index contributed by atoms with van der Waals surface area (Å²) >= 11 is 0. The molecule has 150 valence electrons. The number of hydrogen-bond donors (Lipinski definition) is 1. The fourth-order valence-electron chi connectivity index (χ4n) is 2.12. The normalized spacial score (nSPS) is 12.5. The Labute approximate surface area is 161 Å². The monoisotopic (exact) mass is 410 g/mol. The van der Waals surface area contributed by atoms with Crippen molar-refractivity contribution in [2.45, 2.75) is 17.9 Å². The van der Waals surface area contributed by atoms with Crippen LogP contribution < -0.4 is 5.32 Å². The molecule has 0 unspecified atom stereocenters. The van der Waals surface area contributed by atoms with Gasteiger partial charge in [-0.15, -0.1) is 0 Å². The van der Waals surface area contributed by atoms with Crippen molar-refractivity contribution in [1.82, 2.24) is 4.47 Å². The Morgan fingerprint density at radius 3 is 2.46 bits per heavy atom. The van der Waals surface area contributed by atoms with E-state index in [0.717, 1.165) is 12.1 Å². The number of amides is 1. The second-order valence-corrected chi connectivity index (χ2v) is 7.61. The van der Waals surface area contributed by atoms with Crippen LogP contribution >= 0.6 is 0 Å². The first-order valence-corrected chi connectivity index (χ1v) is 9.49. The predicted octanol–water partition coefficient (Wildman–Crippen LogP) is 2.19. The largest absolute Gasteiger partial charge is 0.449 e. The highest BCUT2D eigenvalue weighted by Crippen LogP contribution is 2.17. The van der Waals surface area contributed by atoms with Gasteiger partial charge in [0, 0.05) is 12.7 Å². The fraction of sp³-hybridized carbons (Fsp3) is 0.222. The zero-order chi connectivity index (χ0) is 20.9. The van der Waals surface area contributed by atoms with Gasteiger partial charge in [-0.1, -0.05) is 16.6 Å².